The number of rotatable bonds is 21. The number of fused-ring (bicyclic) bond motifs is 2. The maximum absolute atomic E-state index is 12.0. The minimum Gasteiger partial charge on any atom is -0.495 e. The van der Waals surface area contributed by atoms with Gasteiger partial charge in [0.25, 0.3) is 10.1 Å². The lowest BCUT2D eigenvalue weighted by Gasteiger charge is -2.24. The molecule has 0 aliphatic carbocycles. The van der Waals surface area contributed by atoms with Gasteiger partial charge < -0.3 is 40.3 Å². The third-order valence-corrected chi connectivity index (χ3v) is 12.9. The Morgan fingerprint density at radius 1 is 0.657 bits per heavy atom. The fourth-order valence-electron chi connectivity index (χ4n) is 7.09. The van der Waals surface area contributed by atoms with Crippen molar-refractivity contribution < 1.29 is 40.5 Å². The second-order valence-corrected chi connectivity index (χ2v) is 18.1. The number of aliphatic hydroxyl groups is 2. The third-order valence-electron chi connectivity index (χ3n) is 10.5. The van der Waals surface area contributed by atoms with Crippen molar-refractivity contribution in [2.24, 2.45) is 20.5 Å². The van der Waals surface area contributed by atoms with Gasteiger partial charge in [-0.3, -0.25) is 4.55 Å². The van der Waals surface area contributed by atoms with Gasteiger partial charge in [0.15, 0.2) is 10.0 Å². The highest BCUT2D eigenvalue weighted by Gasteiger charge is 2.22. The lowest BCUT2D eigenvalue weighted by molar-refractivity contribution is 0.280. The molecule has 3 aromatic heterocycles. The number of aliphatic hydroxyl groups excluding tert-OH is 2. The lowest BCUT2D eigenvalue weighted by Crippen LogP contribution is -2.31. The average Bonchev–Trinajstić information content (AvgIpc) is 3.93. The molecule has 0 radical (unpaired) electrons. The first-order valence-corrected chi connectivity index (χ1v) is 25.6. The Bertz CT molecular complexity index is 3230. The summed E-state index contributed by atoms with van der Waals surface area (Å²) in [4.78, 5) is 19.9. The molecule has 5 N–H and O–H groups in total. The minimum atomic E-state index is -4.59. The summed E-state index contributed by atoms with van der Waals surface area (Å²) >= 11 is 2.26. The van der Waals surface area contributed by atoms with Crippen molar-refractivity contribution in [2.75, 3.05) is 84.9 Å². The summed E-state index contributed by atoms with van der Waals surface area (Å²) in [6.07, 6.45) is 0. The summed E-state index contributed by atoms with van der Waals surface area (Å²) in [5, 5.41) is 47.7. The van der Waals surface area contributed by atoms with Crippen LogP contribution in [0.4, 0.5) is 62.0 Å². The van der Waals surface area contributed by atoms with Crippen LogP contribution in [-0.2, 0) is 20.7 Å². The number of nitrogens with zero attached hydrogens (tertiary/aromatic N) is 12. The number of nitrogens with one attached hydrogen (secondary N) is 2. The molecular weight excluding hydrogens is 985 g/mol. The van der Waals surface area contributed by atoms with Crippen molar-refractivity contribution >= 4 is 128 Å². The molecule has 7 aromatic rings. The molecule has 4 aromatic carbocycles. The van der Waals surface area contributed by atoms with Gasteiger partial charge in [0.1, 0.15) is 22.0 Å². The molecular formula is C43H50N14O9S4. The van der Waals surface area contributed by atoms with Crippen LogP contribution in [0.5, 0.6) is 5.75 Å². The number of aryl methyl sites for hydroxylation is 1. The standard InChI is InChI=1S/C43H50N14O6S3.O3S/c1-7-55(8-2)27-12-15-32(49-51-39-29-21-26(5)11-14-31(29)53-64-39)35(22-27)44-41-46-42(48-43(47-41)57(17-19-58)18-20-59)45-36-23-28(56(9-3)10-4)13-16-33(36)50-52-40-30-24-37(63-6)38(66(60,61)62)25-34(30)54-65-40;1-4(2)3/h11-16,21-25,58-59H,7-10,17-20H2,1-6H3,(H,60,61,62)(H2,44,45,46,47,48);. The average molecular weight is 1040 g/mol. The zero-order valence-corrected chi connectivity index (χ0v) is 42.1. The van der Waals surface area contributed by atoms with Crippen molar-refractivity contribution in [3.8, 4) is 5.75 Å². The normalized spacial score (nSPS) is 11.6. The van der Waals surface area contributed by atoms with Crippen LogP contribution in [-0.4, -0.2) is 119 Å². The predicted molar refractivity (Wildman–Crippen MR) is 271 cm³/mol. The number of hydrogen-bond donors (Lipinski definition) is 5. The first-order chi connectivity index (χ1) is 33.6. The summed E-state index contributed by atoms with van der Waals surface area (Å²) in [6.45, 7) is 13.0. The molecule has 0 amide bonds. The van der Waals surface area contributed by atoms with Gasteiger partial charge in [0.05, 0.1) is 42.7 Å². The number of aromatic nitrogens is 5. The molecule has 3 heterocycles. The highest BCUT2D eigenvalue weighted by molar-refractivity contribution is 7.86. The quantitative estimate of drug-likeness (QED) is 0.0333. The van der Waals surface area contributed by atoms with Gasteiger partial charge in [-0.2, -0.15) is 32.1 Å². The van der Waals surface area contributed by atoms with E-state index in [1.54, 1.807) is 11.0 Å². The van der Waals surface area contributed by atoms with Crippen molar-refractivity contribution in [2.45, 2.75) is 39.5 Å². The van der Waals surface area contributed by atoms with Crippen LogP contribution in [0.15, 0.2) is 92.1 Å². The zero-order valence-electron chi connectivity index (χ0n) is 38.8. The molecule has 0 spiro atoms. The van der Waals surface area contributed by atoms with E-state index in [4.69, 9.17) is 37.4 Å². The van der Waals surface area contributed by atoms with Crippen LogP contribution in [0.3, 0.4) is 0 Å². The Kier molecular flexibility index (Phi) is 18.1. The van der Waals surface area contributed by atoms with E-state index >= 15 is 0 Å². The summed E-state index contributed by atoms with van der Waals surface area (Å²) in [7, 11) is -6.40. The van der Waals surface area contributed by atoms with Gasteiger partial charge in [0, 0.05) is 61.4 Å². The third kappa shape index (κ3) is 13.0. The van der Waals surface area contributed by atoms with E-state index in [0.29, 0.717) is 38.1 Å². The van der Waals surface area contributed by atoms with Gasteiger partial charge >= 0.3 is 10.6 Å². The first kappa shape index (κ1) is 52.5. The second-order valence-electron chi connectivity index (χ2n) is 14.8. The Hall–Kier alpha value is -6.88. The van der Waals surface area contributed by atoms with Crippen molar-refractivity contribution in [3.63, 3.8) is 0 Å². The largest absolute Gasteiger partial charge is 0.495 e. The highest BCUT2D eigenvalue weighted by atomic mass is 32.2. The van der Waals surface area contributed by atoms with Crippen LogP contribution in [0.1, 0.15) is 33.3 Å². The van der Waals surface area contributed by atoms with Crippen LogP contribution < -0.4 is 30.1 Å². The number of methoxy groups -OCH3 is 1. The Morgan fingerprint density at radius 3 is 1.60 bits per heavy atom. The highest BCUT2D eigenvalue weighted by Crippen LogP contribution is 2.41. The molecule has 0 fully saturated rings. The predicted octanol–water partition coefficient (Wildman–Crippen LogP) is 8.45. The van der Waals surface area contributed by atoms with E-state index in [1.807, 2.05) is 55.5 Å². The van der Waals surface area contributed by atoms with Crippen molar-refractivity contribution in [1.82, 2.24) is 23.7 Å². The number of hydrogen-bond acceptors (Lipinski definition) is 24. The van der Waals surface area contributed by atoms with E-state index in [2.05, 4.69) is 72.2 Å². The number of anilines is 7. The van der Waals surface area contributed by atoms with Crippen molar-refractivity contribution in [3.05, 3.63) is 72.3 Å². The molecule has 0 unspecified atom stereocenters. The topological polar surface area (TPSA) is 303 Å². The molecule has 27 heteroatoms. The van der Waals surface area contributed by atoms with Crippen molar-refractivity contribution in [1.29, 1.82) is 0 Å². The molecule has 370 valence electrons. The molecule has 23 nitrogen and oxygen atoms in total. The molecule has 0 bridgehead atoms. The SMILES string of the molecule is CCN(CC)c1ccc(N=Nc2snc3ccc(C)cc23)c(Nc2nc(Nc3cc(N(CC)CC)ccc3N=Nc3snc4cc(S(=O)(=O)O)c(OC)cc34)nc(N(CCO)CCO)n2)c1.O=S(=O)=O. The first-order valence-electron chi connectivity index (χ1n) is 21.6. The monoisotopic (exact) mass is 1030 g/mol. The summed E-state index contributed by atoms with van der Waals surface area (Å²) in [5.74, 6) is 0.340. The molecule has 0 aliphatic heterocycles. The second kappa shape index (κ2) is 24.1. The zero-order chi connectivity index (χ0) is 50.5. The van der Waals surface area contributed by atoms with Gasteiger partial charge in [-0.15, -0.1) is 33.1 Å². The molecule has 0 saturated carbocycles. The van der Waals surface area contributed by atoms with Crippen LogP contribution >= 0.6 is 23.1 Å². The van der Waals surface area contributed by atoms with Crippen LogP contribution in [0.25, 0.3) is 21.8 Å². The molecule has 0 atom stereocenters. The van der Waals surface area contributed by atoms with Gasteiger partial charge in [-0.25, -0.2) is 0 Å². The minimum absolute atomic E-state index is 0.0717. The summed E-state index contributed by atoms with van der Waals surface area (Å²) in [5.41, 5.74) is 5.97. The van der Waals surface area contributed by atoms with E-state index < -0.39 is 25.6 Å². The Labute approximate surface area is 412 Å². The number of azo groups is 2. The van der Waals surface area contributed by atoms with Gasteiger partial charge in [-0.05, 0) is 118 Å². The molecule has 70 heavy (non-hydrogen) atoms. The van der Waals surface area contributed by atoms with Gasteiger partial charge in [-0.1, -0.05) is 11.6 Å². The molecule has 0 aliphatic rings. The smallest absolute Gasteiger partial charge is 0.425 e. The van der Waals surface area contributed by atoms with Crippen LogP contribution in [0.2, 0.25) is 0 Å². The number of benzene rings is 4. The molecule has 0 saturated heterocycles. The maximum atomic E-state index is 12.0. The Morgan fingerprint density at radius 2 is 1.14 bits per heavy atom. The summed E-state index contributed by atoms with van der Waals surface area (Å²) < 4.78 is 73.4. The van der Waals surface area contributed by atoms with E-state index in [-0.39, 0.29) is 55.4 Å². The van der Waals surface area contributed by atoms with E-state index in [1.165, 1.54) is 30.8 Å². The summed E-state index contributed by atoms with van der Waals surface area (Å²) in [6, 6.07) is 20.1. The van der Waals surface area contributed by atoms with E-state index in [0.717, 1.165) is 65.6 Å². The van der Waals surface area contributed by atoms with Crippen LogP contribution in [0, 0.1) is 6.92 Å². The maximum Gasteiger partial charge on any atom is 0.425 e. The molecule has 7 rings (SSSR count). The van der Waals surface area contributed by atoms with Gasteiger partial charge in [0.2, 0.25) is 17.8 Å². The lowest BCUT2D eigenvalue weighted by atomic mass is 10.2. The fourth-order valence-corrected chi connectivity index (χ4v) is 9.10. The van der Waals surface area contributed by atoms with E-state index in [9.17, 15) is 23.2 Å². The fraction of sp³-hybridized carbons (Fsp3) is 0.326. The number of ether oxygens (including phenoxy) is 1. The Balaban J connectivity index is 0.00000193.